The van der Waals surface area contributed by atoms with Crippen LogP contribution in [0.15, 0.2) is 24.3 Å². The number of amides is 3. The van der Waals surface area contributed by atoms with Gasteiger partial charge in [0.1, 0.15) is 6.04 Å². The first-order chi connectivity index (χ1) is 13.9. The fourth-order valence-electron chi connectivity index (χ4n) is 4.34. The first-order valence-electron chi connectivity index (χ1n) is 10.8. The molecule has 1 N–H and O–H groups in total. The third-order valence-corrected chi connectivity index (χ3v) is 6.22. The number of hydrogen-bond acceptors (Lipinski definition) is 3. The molecule has 1 atom stereocenters. The summed E-state index contributed by atoms with van der Waals surface area (Å²) in [5.41, 5.74) is 1.48. The predicted molar refractivity (Wildman–Crippen MR) is 112 cm³/mol. The highest BCUT2D eigenvalue weighted by Crippen LogP contribution is 2.27. The van der Waals surface area contributed by atoms with E-state index < -0.39 is 6.04 Å². The van der Waals surface area contributed by atoms with Crippen molar-refractivity contribution in [2.24, 2.45) is 11.8 Å². The van der Waals surface area contributed by atoms with Crippen molar-refractivity contribution >= 4 is 17.7 Å². The van der Waals surface area contributed by atoms with Gasteiger partial charge in [-0.1, -0.05) is 44.9 Å². The maximum absolute atomic E-state index is 13.1. The molecule has 2 fully saturated rings. The number of carbonyl (C=O) groups is 3. The number of nitrogens with one attached hydrogen (secondary N) is 1. The molecule has 1 aromatic carbocycles. The van der Waals surface area contributed by atoms with Crippen LogP contribution in [0.1, 0.15) is 55.5 Å². The summed E-state index contributed by atoms with van der Waals surface area (Å²) in [5.74, 6) is 0.130. The molecule has 0 aromatic heterocycles. The zero-order chi connectivity index (χ0) is 21.0. The lowest BCUT2D eigenvalue weighted by Crippen LogP contribution is -2.57. The molecule has 1 saturated carbocycles. The third kappa shape index (κ3) is 4.98. The normalized spacial score (nSPS) is 18.8. The van der Waals surface area contributed by atoms with Crippen LogP contribution in [0.3, 0.4) is 0 Å². The molecular formula is C23H33N3O3. The molecule has 1 aromatic rings. The summed E-state index contributed by atoms with van der Waals surface area (Å²) < 4.78 is 0. The fourth-order valence-corrected chi connectivity index (χ4v) is 4.34. The van der Waals surface area contributed by atoms with Crippen molar-refractivity contribution in [2.75, 3.05) is 26.2 Å². The second kappa shape index (κ2) is 9.42. The molecule has 1 aliphatic heterocycles. The molecule has 2 aliphatic rings. The molecule has 0 spiro atoms. The maximum atomic E-state index is 13.1. The summed E-state index contributed by atoms with van der Waals surface area (Å²) in [4.78, 5) is 42.2. The minimum atomic E-state index is -0.570. The van der Waals surface area contributed by atoms with Crippen LogP contribution in [0.4, 0.5) is 0 Å². The Bertz CT molecular complexity index is 747. The molecule has 6 heteroatoms. The van der Waals surface area contributed by atoms with Gasteiger partial charge in [0.05, 0.1) is 0 Å². The van der Waals surface area contributed by atoms with Crippen molar-refractivity contribution in [3.05, 3.63) is 35.4 Å². The van der Waals surface area contributed by atoms with Gasteiger partial charge >= 0.3 is 0 Å². The number of rotatable bonds is 5. The molecule has 29 heavy (non-hydrogen) atoms. The van der Waals surface area contributed by atoms with Gasteiger partial charge in [0.15, 0.2) is 0 Å². The van der Waals surface area contributed by atoms with Crippen molar-refractivity contribution in [3.8, 4) is 0 Å². The maximum Gasteiger partial charge on any atom is 0.252 e. The monoisotopic (exact) mass is 399 g/mol. The van der Waals surface area contributed by atoms with Crippen LogP contribution in [-0.4, -0.2) is 59.7 Å². The third-order valence-electron chi connectivity index (χ3n) is 6.22. The van der Waals surface area contributed by atoms with E-state index in [1.807, 2.05) is 43.9 Å². The topological polar surface area (TPSA) is 69.7 Å². The van der Waals surface area contributed by atoms with Crippen LogP contribution in [0.2, 0.25) is 0 Å². The van der Waals surface area contributed by atoms with E-state index in [4.69, 9.17) is 0 Å². The number of carbonyl (C=O) groups excluding carboxylic acids is 3. The van der Waals surface area contributed by atoms with E-state index in [1.54, 1.807) is 11.0 Å². The standard InChI is InChI=1S/C23H33N3O3/c1-16(2)20(24-21(27)19-11-7-4-8-17(19)3)23(29)26-14-12-25(13-15-26)22(28)18-9-5-6-10-18/h4,7-8,11,16,18,20H,5-6,9-10,12-15H2,1-3H3,(H,24,27). The van der Waals surface area contributed by atoms with E-state index >= 15 is 0 Å². The van der Waals surface area contributed by atoms with Gasteiger partial charge in [-0.15, -0.1) is 0 Å². The Kier molecular flexibility index (Phi) is 6.93. The lowest BCUT2D eigenvalue weighted by atomic mass is 10.0. The Balaban J connectivity index is 1.59. The van der Waals surface area contributed by atoms with Crippen molar-refractivity contribution in [1.29, 1.82) is 0 Å². The van der Waals surface area contributed by atoms with Crippen molar-refractivity contribution in [3.63, 3.8) is 0 Å². The molecule has 1 aliphatic carbocycles. The van der Waals surface area contributed by atoms with E-state index in [0.29, 0.717) is 31.7 Å². The van der Waals surface area contributed by atoms with Crippen molar-refractivity contribution in [1.82, 2.24) is 15.1 Å². The second-order valence-corrected chi connectivity index (χ2v) is 8.64. The number of nitrogens with zero attached hydrogens (tertiary/aromatic N) is 2. The van der Waals surface area contributed by atoms with Gasteiger partial charge in [-0.05, 0) is 37.3 Å². The Hall–Kier alpha value is -2.37. The highest BCUT2D eigenvalue weighted by atomic mass is 16.2. The van der Waals surface area contributed by atoms with Gasteiger partial charge in [0.2, 0.25) is 11.8 Å². The zero-order valence-corrected chi connectivity index (χ0v) is 17.8. The average molecular weight is 400 g/mol. The smallest absolute Gasteiger partial charge is 0.252 e. The number of piperazine rings is 1. The molecule has 1 unspecified atom stereocenters. The Morgan fingerprint density at radius 3 is 2.14 bits per heavy atom. The van der Waals surface area contributed by atoms with E-state index in [1.165, 1.54) is 0 Å². The van der Waals surface area contributed by atoms with Crippen LogP contribution >= 0.6 is 0 Å². The lowest BCUT2D eigenvalue weighted by Gasteiger charge is -2.38. The summed E-state index contributed by atoms with van der Waals surface area (Å²) >= 11 is 0. The van der Waals surface area contributed by atoms with Crippen molar-refractivity contribution < 1.29 is 14.4 Å². The van der Waals surface area contributed by atoms with Gasteiger partial charge in [0, 0.05) is 37.7 Å². The van der Waals surface area contributed by atoms with Gasteiger partial charge in [-0.2, -0.15) is 0 Å². The van der Waals surface area contributed by atoms with Crippen LogP contribution in [-0.2, 0) is 9.59 Å². The molecule has 0 radical (unpaired) electrons. The van der Waals surface area contributed by atoms with Crippen molar-refractivity contribution in [2.45, 2.75) is 52.5 Å². The quantitative estimate of drug-likeness (QED) is 0.827. The molecule has 3 rings (SSSR count). The molecule has 158 valence electrons. The zero-order valence-electron chi connectivity index (χ0n) is 17.8. The first kappa shape index (κ1) is 21.3. The van der Waals surface area contributed by atoms with E-state index in [2.05, 4.69) is 5.32 Å². The molecular weight excluding hydrogens is 366 g/mol. The summed E-state index contributed by atoms with van der Waals surface area (Å²) in [6.07, 6.45) is 4.29. The largest absolute Gasteiger partial charge is 0.340 e. The van der Waals surface area contributed by atoms with Crippen LogP contribution < -0.4 is 5.32 Å². The summed E-state index contributed by atoms with van der Waals surface area (Å²) in [5, 5.41) is 2.94. The van der Waals surface area contributed by atoms with Crippen LogP contribution in [0.25, 0.3) is 0 Å². The van der Waals surface area contributed by atoms with Crippen LogP contribution in [0.5, 0.6) is 0 Å². The summed E-state index contributed by atoms with van der Waals surface area (Å²) in [6.45, 7) is 8.00. The molecule has 1 saturated heterocycles. The first-order valence-corrected chi connectivity index (χ1v) is 10.8. The molecule has 6 nitrogen and oxygen atoms in total. The average Bonchev–Trinajstić information content (AvgIpc) is 3.26. The number of hydrogen-bond donors (Lipinski definition) is 1. The van der Waals surface area contributed by atoms with Gasteiger partial charge < -0.3 is 15.1 Å². The highest BCUT2D eigenvalue weighted by Gasteiger charge is 2.34. The molecule has 3 amide bonds. The van der Waals surface area contributed by atoms with Gasteiger partial charge in [-0.3, -0.25) is 14.4 Å². The van der Waals surface area contributed by atoms with Gasteiger partial charge in [-0.25, -0.2) is 0 Å². The highest BCUT2D eigenvalue weighted by molar-refractivity contribution is 5.98. The number of benzene rings is 1. The molecule has 1 heterocycles. The van der Waals surface area contributed by atoms with Crippen LogP contribution in [0, 0.1) is 18.8 Å². The minimum absolute atomic E-state index is 0.0198. The van der Waals surface area contributed by atoms with E-state index in [-0.39, 0.29) is 29.6 Å². The second-order valence-electron chi connectivity index (χ2n) is 8.64. The SMILES string of the molecule is Cc1ccccc1C(=O)NC(C(=O)N1CCN(C(=O)C2CCCC2)CC1)C(C)C. The summed E-state index contributed by atoms with van der Waals surface area (Å²) in [7, 11) is 0. The Morgan fingerprint density at radius 1 is 0.966 bits per heavy atom. The Labute approximate surface area is 173 Å². The minimum Gasteiger partial charge on any atom is -0.340 e. The number of aryl methyl sites for hydroxylation is 1. The van der Waals surface area contributed by atoms with Gasteiger partial charge in [0.25, 0.3) is 5.91 Å². The predicted octanol–water partition coefficient (Wildman–Crippen LogP) is 2.61. The Morgan fingerprint density at radius 2 is 1.55 bits per heavy atom. The lowest BCUT2D eigenvalue weighted by molar-refractivity contribution is -0.143. The van der Waals surface area contributed by atoms with E-state index in [9.17, 15) is 14.4 Å². The summed E-state index contributed by atoms with van der Waals surface area (Å²) in [6, 6.07) is 6.82. The molecule has 0 bridgehead atoms. The fraction of sp³-hybridized carbons (Fsp3) is 0.609. The van der Waals surface area contributed by atoms with E-state index in [0.717, 1.165) is 31.2 Å².